The fraction of sp³-hybridized carbons (Fsp3) is 0.333. The molecule has 0 spiro atoms. The molecule has 0 fully saturated rings. The quantitative estimate of drug-likeness (QED) is 0.628. The first kappa shape index (κ1) is 12.0. The lowest BCUT2D eigenvalue weighted by atomic mass is 10.2. The van der Waals surface area contributed by atoms with E-state index in [4.69, 9.17) is 5.73 Å². The topological polar surface area (TPSA) is 63.8 Å². The summed E-state index contributed by atoms with van der Waals surface area (Å²) in [6.45, 7) is 0.928. The van der Waals surface area contributed by atoms with Crippen molar-refractivity contribution in [3.63, 3.8) is 0 Å². The number of hydrogen-bond donors (Lipinski definition) is 2. The van der Waals surface area contributed by atoms with E-state index in [0.29, 0.717) is 0 Å². The van der Waals surface area contributed by atoms with Gasteiger partial charge in [0.05, 0.1) is 5.52 Å². The first-order chi connectivity index (χ1) is 8.31. The Kier molecular flexibility index (Phi) is 4.03. The Morgan fingerprint density at radius 1 is 1.35 bits per heavy atom. The molecule has 0 aliphatic heterocycles. The summed E-state index contributed by atoms with van der Waals surface area (Å²) in [5, 5.41) is 4.36. The van der Waals surface area contributed by atoms with Crippen LogP contribution in [0.4, 0.5) is 11.5 Å². The van der Waals surface area contributed by atoms with Crippen LogP contribution in [0.1, 0.15) is 6.42 Å². The van der Waals surface area contributed by atoms with Crippen LogP contribution >= 0.6 is 11.8 Å². The van der Waals surface area contributed by atoms with E-state index in [1.54, 1.807) is 6.33 Å². The number of fused-ring (bicyclic) bond motifs is 1. The highest BCUT2D eigenvalue weighted by Gasteiger charge is 2.02. The monoisotopic (exact) mass is 248 g/mol. The fourth-order valence-electron chi connectivity index (χ4n) is 1.64. The summed E-state index contributed by atoms with van der Waals surface area (Å²) in [5.41, 5.74) is 7.34. The first-order valence-corrected chi connectivity index (χ1v) is 6.93. The molecule has 1 aromatic carbocycles. The average Bonchev–Trinajstić information content (AvgIpc) is 2.34. The minimum absolute atomic E-state index is 0.726. The zero-order chi connectivity index (χ0) is 12.1. The Balaban J connectivity index is 2.16. The maximum absolute atomic E-state index is 5.73. The number of anilines is 2. The van der Waals surface area contributed by atoms with Gasteiger partial charge in [-0.05, 0) is 36.6 Å². The molecule has 0 radical (unpaired) electrons. The minimum atomic E-state index is 0.726. The van der Waals surface area contributed by atoms with Crippen LogP contribution in [0.15, 0.2) is 24.5 Å². The number of aromatic nitrogens is 2. The highest BCUT2D eigenvalue weighted by molar-refractivity contribution is 7.98. The second kappa shape index (κ2) is 5.72. The largest absolute Gasteiger partial charge is 0.399 e. The van der Waals surface area contributed by atoms with Gasteiger partial charge in [-0.3, -0.25) is 0 Å². The molecule has 0 amide bonds. The molecule has 4 nitrogen and oxygen atoms in total. The molecule has 17 heavy (non-hydrogen) atoms. The van der Waals surface area contributed by atoms with E-state index < -0.39 is 0 Å². The van der Waals surface area contributed by atoms with Crippen molar-refractivity contribution in [2.24, 2.45) is 0 Å². The van der Waals surface area contributed by atoms with E-state index in [1.807, 2.05) is 30.0 Å². The number of nitrogens with two attached hydrogens (primary N) is 1. The molecule has 2 aromatic rings. The van der Waals surface area contributed by atoms with Gasteiger partial charge in [0, 0.05) is 17.6 Å². The smallest absolute Gasteiger partial charge is 0.137 e. The predicted octanol–water partition coefficient (Wildman–Crippen LogP) is 2.38. The second-order valence-electron chi connectivity index (χ2n) is 3.77. The van der Waals surface area contributed by atoms with Gasteiger partial charge in [-0.15, -0.1) is 0 Å². The Labute approximate surface area is 105 Å². The molecule has 0 aliphatic carbocycles. The summed E-state index contributed by atoms with van der Waals surface area (Å²) in [5.74, 6) is 2.04. The molecule has 0 saturated carbocycles. The average molecular weight is 248 g/mol. The fourth-order valence-corrected chi connectivity index (χ4v) is 2.07. The summed E-state index contributed by atoms with van der Waals surface area (Å²) in [4.78, 5) is 8.48. The van der Waals surface area contributed by atoms with E-state index in [9.17, 15) is 0 Å². The van der Waals surface area contributed by atoms with Gasteiger partial charge >= 0.3 is 0 Å². The van der Waals surface area contributed by atoms with Crippen molar-refractivity contribution in [3.8, 4) is 0 Å². The summed E-state index contributed by atoms with van der Waals surface area (Å²) >= 11 is 1.85. The van der Waals surface area contributed by atoms with E-state index >= 15 is 0 Å². The maximum Gasteiger partial charge on any atom is 0.137 e. The van der Waals surface area contributed by atoms with Gasteiger partial charge in [0.25, 0.3) is 0 Å². The SMILES string of the molecule is CSCCCNc1ncnc2cc(N)ccc12. The number of nitrogens with zero attached hydrogens (tertiary/aromatic N) is 2. The molecule has 1 aromatic heterocycles. The van der Waals surface area contributed by atoms with E-state index in [2.05, 4.69) is 21.5 Å². The van der Waals surface area contributed by atoms with Gasteiger partial charge < -0.3 is 11.1 Å². The standard InChI is InChI=1S/C12H16N4S/c1-17-6-2-5-14-12-10-4-3-9(13)7-11(10)15-8-16-12/h3-4,7-8H,2,5-6,13H2,1H3,(H,14,15,16). The molecular weight excluding hydrogens is 232 g/mol. The van der Waals surface area contributed by atoms with Gasteiger partial charge in [0.15, 0.2) is 0 Å². The minimum Gasteiger partial charge on any atom is -0.399 e. The lowest BCUT2D eigenvalue weighted by Gasteiger charge is -2.08. The summed E-state index contributed by atoms with van der Waals surface area (Å²) in [7, 11) is 0. The molecule has 1 heterocycles. The van der Waals surface area contributed by atoms with Crippen LogP contribution in [0.2, 0.25) is 0 Å². The third-order valence-electron chi connectivity index (χ3n) is 2.48. The molecule has 3 N–H and O–H groups in total. The third kappa shape index (κ3) is 3.00. The molecule has 0 saturated heterocycles. The molecule has 2 rings (SSSR count). The Morgan fingerprint density at radius 2 is 2.24 bits per heavy atom. The highest BCUT2D eigenvalue weighted by atomic mass is 32.2. The zero-order valence-corrected chi connectivity index (χ0v) is 10.6. The molecule has 0 atom stereocenters. The molecule has 0 bridgehead atoms. The summed E-state index contributed by atoms with van der Waals surface area (Å²) in [6, 6.07) is 5.70. The van der Waals surface area contributed by atoms with Crippen molar-refractivity contribution in [3.05, 3.63) is 24.5 Å². The van der Waals surface area contributed by atoms with Gasteiger partial charge in [0.2, 0.25) is 0 Å². The normalized spacial score (nSPS) is 10.6. The predicted molar refractivity (Wildman–Crippen MR) is 75.4 cm³/mol. The summed E-state index contributed by atoms with van der Waals surface area (Å²) < 4.78 is 0. The molecule has 0 unspecified atom stereocenters. The number of nitrogen functional groups attached to an aromatic ring is 1. The highest BCUT2D eigenvalue weighted by Crippen LogP contribution is 2.21. The second-order valence-corrected chi connectivity index (χ2v) is 4.76. The van der Waals surface area contributed by atoms with Gasteiger partial charge in [0.1, 0.15) is 12.1 Å². The Hall–Kier alpha value is -1.49. The zero-order valence-electron chi connectivity index (χ0n) is 9.81. The Bertz CT molecular complexity index is 501. The van der Waals surface area contributed by atoms with Crippen molar-refractivity contribution in [1.82, 2.24) is 9.97 Å². The maximum atomic E-state index is 5.73. The van der Waals surface area contributed by atoms with Crippen molar-refractivity contribution in [2.45, 2.75) is 6.42 Å². The number of rotatable bonds is 5. The molecule has 90 valence electrons. The van der Waals surface area contributed by atoms with Gasteiger partial charge in [-0.1, -0.05) is 0 Å². The number of hydrogen-bond acceptors (Lipinski definition) is 5. The number of benzene rings is 1. The molecule has 5 heteroatoms. The van der Waals surface area contributed by atoms with Crippen molar-refractivity contribution >= 4 is 34.2 Å². The van der Waals surface area contributed by atoms with Crippen LogP contribution in [0.5, 0.6) is 0 Å². The van der Waals surface area contributed by atoms with Crippen LogP contribution in [0.25, 0.3) is 10.9 Å². The van der Waals surface area contributed by atoms with Crippen LogP contribution in [0.3, 0.4) is 0 Å². The van der Waals surface area contributed by atoms with Crippen LogP contribution in [0, 0.1) is 0 Å². The molecular formula is C12H16N4S. The third-order valence-corrected chi connectivity index (χ3v) is 3.18. The van der Waals surface area contributed by atoms with Crippen molar-refractivity contribution < 1.29 is 0 Å². The molecule has 0 aliphatic rings. The van der Waals surface area contributed by atoms with Gasteiger partial charge in [-0.25, -0.2) is 9.97 Å². The van der Waals surface area contributed by atoms with E-state index in [-0.39, 0.29) is 0 Å². The number of nitrogens with one attached hydrogen (secondary N) is 1. The summed E-state index contributed by atoms with van der Waals surface area (Å²) in [6.07, 6.45) is 4.81. The lowest BCUT2D eigenvalue weighted by Crippen LogP contribution is -2.05. The number of thioether (sulfide) groups is 1. The van der Waals surface area contributed by atoms with E-state index in [0.717, 1.165) is 41.1 Å². The van der Waals surface area contributed by atoms with Crippen LogP contribution in [-0.4, -0.2) is 28.5 Å². The van der Waals surface area contributed by atoms with Gasteiger partial charge in [-0.2, -0.15) is 11.8 Å². The van der Waals surface area contributed by atoms with Crippen LogP contribution in [-0.2, 0) is 0 Å². The van der Waals surface area contributed by atoms with E-state index in [1.165, 1.54) is 0 Å². The first-order valence-electron chi connectivity index (χ1n) is 5.54. The van der Waals surface area contributed by atoms with Crippen molar-refractivity contribution in [2.75, 3.05) is 29.6 Å². The lowest BCUT2D eigenvalue weighted by molar-refractivity contribution is 0.982. The Morgan fingerprint density at radius 3 is 3.06 bits per heavy atom. The van der Waals surface area contributed by atoms with Crippen molar-refractivity contribution in [1.29, 1.82) is 0 Å². The van der Waals surface area contributed by atoms with Crippen LogP contribution < -0.4 is 11.1 Å².